The molecule has 0 aromatic heterocycles. The number of carboxylic acid groups (broad SMARTS) is 1. The summed E-state index contributed by atoms with van der Waals surface area (Å²) in [7, 11) is 1.73. The van der Waals surface area contributed by atoms with Crippen LogP contribution < -0.4 is 5.32 Å². The normalized spacial score (nSPS) is 18.3. The monoisotopic (exact) mass is 417 g/mol. The van der Waals surface area contributed by atoms with Crippen LogP contribution in [-0.2, 0) is 9.59 Å². The van der Waals surface area contributed by atoms with E-state index >= 15 is 0 Å². The van der Waals surface area contributed by atoms with E-state index in [9.17, 15) is 20.0 Å². The Morgan fingerprint density at radius 3 is 2.35 bits per heavy atom. The summed E-state index contributed by atoms with van der Waals surface area (Å²) in [6, 6.07) is 16.6. The van der Waals surface area contributed by atoms with Gasteiger partial charge in [-0.05, 0) is 23.6 Å². The molecule has 2 unspecified atom stereocenters. The number of nitrogens with zero attached hydrogens (tertiary/aromatic N) is 2. The summed E-state index contributed by atoms with van der Waals surface area (Å²) in [6.45, 7) is 5.61. The number of nitrogens with one attached hydrogen (secondary N) is 1. The number of amides is 1. The van der Waals surface area contributed by atoms with Crippen LogP contribution >= 0.6 is 0 Å². The molecule has 0 bridgehead atoms. The molecule has 2 aromatic rings. The van der Waals surface area contributed by atoms with Gasteiger partial charge in [-0.15, -0.1) is 0 Å². The second-order valence-electron chi connectivity index (χ2n) is 8.01. The van der Waals surface area contributed by atoms with Gasteiger partial charge in [-0.3, -0.25) is 4.79 Å². The molecule has 0 spiro atoms. The minimum absolute atomic E-state index is 0.0572. The summed E-state index contributed by atoms with van der Waals surface area (Å²) in [5, 5.41) is 22.5. The van der Waals surface area contributed by atoms with Crippen molar-refractivity contribution < 1.29 is 14.7 Å². The van der Waals surface area contributed by atoms with Crippen LogP contribution in [0.15, 0.2) is 59.8 Å². The lowest BCUT2D eigenvalue weighted by Gasteiger charge is -2.25. The average Bonchev–Trinajstić information content (AvgIpc) is 3.05. The van der Waals surface area contributed by atoms with Gasteiger partial charge in [-0.25, -0.2) is 4.79 Å². The topological polar surface area (TPSA) is 93.4 Å². The fraction of sp³-hybridized carbons (Fsp3) is 0.320. The van der Waals surface area contributed by atoms with Gasteiger partial charge in [0.2, 0.25) is 5.91 Å². The van der Waals surface area contributed by atoms with Crippen LogP contribution in [0.2, 0.25) is 0 Å². The molecule has 0 saturated carbocycles. The Kier molecular flexibility index (Phi) is 6.45. The second kappa shape index (κ2) is 9.05. The number of anilines is 1. The van der Waals surface area contributed by atoms with Crippen LogP contribution in [0, 0.1) is 17.2 Å². The predicted molar refractivity (Wildman–Crippen MR) is 120 cm³/mol. The van der Waals surface area contributed by atoms with Gasteiger partial charge in [0, 0.05) is 29.9 Å². The van der Waals surface area contributed by atoms with Crippen molar-refractivity contribution in [2.24, 2.45) is 5.92 Å². The fourth-order valence-electron chi connectivity index (χ4n) is 4.14. The molecule has 2 aromatic carbocycles. The van der Waals surface area contributed by atoms with Crippen molar-refractivity contribution in [2.45, 2.75) is 39.2 Å². The number of carbonyl (C=O) groups excluding carboxylic acids is 1. The highest BCUT2D eigenvalue weighted by molar-refractivity contribution is 5.96. The predicted octanol–water partition coefficient (Wildman–Crippen LogP) is 4.62. The lowest BCUT2D eigenvalue weighted by atomic mass is 9.86. The maximum atomic E-state index is 12.2. The van der Waals surface area contributed by atoms with E-state index in [4.69, 9.17) is 0 Å². The maximum absolute atomic E-state index is 12.2. The van der Waals surface area contributed by atoms with Gasteiger partial charge < -0.3 is 15.3 Å². The Labute approximate surface area is 182 Å². The lowest BCUT2D eigenvalue weighted by molar-refractivity contribution is -0.142. The molecule has 1 aliphatic heterocycles. The van der Waals surface area contributed by atoms with Crippen molar-refractivity contribution in [1.82, 2.24) is 4.90 Å². The first kappa shape index (κ1) is 22.1. The Morgan fingerprint density at radius 1 is 1.16 bits per heavy atom. The van der Waals surface area contributed by atoms with Crippen LogP contribution in [-0.4, -0.2) is 35.0 Å². The number of hydrogen-bond acceptors (Lipinski definition) is 4. The fourth-order valence-corrected chi connectivity index (χ4v) is 4.14. The van der Waals surface area contributed by atoms with Crippen molar-refractivity contribution in [2.75, 3.05) is 12.4 Å². The number of carboxylic acids is 1. The SMILES string of the molecule is CCC1=C(C#N)C(c2ccc(-c3ccccc3NC(=O)C(C)C)cc2)C(C(=O)O)N1C. The van der Waals surface area contributed by atoms with Crippen LogP contribution in [0.5, 0.6) is 0 Å². The van der Waals surface area contributed by atoms with Crippen molar-refractivity contribution in [3.63, 3.8) is 0 Å². The highest BCUT2D eigenvalue weighted by atomic mass is 16.4. The van der Waals surface area contributed by atoms with Crippen molar-refractivity contribution >= 4 is 17.6 Å². The summed E-state index contributed by atoms with van der Waals surface area (Å²) >= 11 is 0. The van der Waals surface area contributed by atoms with E-state index in [2.05, 4.69) is 11.4 Å². The number of para-hydroxylation sites is 1. The first-order chi connectivity index (χ1) is 14.8. The van der Waals surface area contributed by atoms with Gasteiger partial charge in [0.25, 0.3) is 0 Å². The van der Waals surface area contributed by atoms with E-state index in [0.717, 1.165) is 28.1 Å². The molecule has 2 N–H and O–H groups in total. The van der Waals surface area contributed by atoms with E-state index in [1.54, 1.807) is 11.9 Å². The van der Waals surface area contributed by atoms with Crippen LogP contribution in [0.3, 0.4) is 0 Å². The minimum Gasteiger partial charge on any atom is -0.480 e. The van der Waals surface area contributed by atoms with Crippen molar-refractivity contribution in [3.05, 3.63) is 65.4 Å². The molecule has 1 heterocycles. The first-order valence-electron chi connectivity index (χ1n) is 10.4. The molecule has 1 amide bonds. The molecule has 1 aliphatic rings. The molecule has 0 radical (unpaired) electrons. The van der Waals surface area contributed by atoms with E-state index in [1.165, 1.54) is 0 Å². The van der Waals surface area contributed by atoms with Gasteiger partial charge in [0.15, 0.2) is 0 Å². The third kappa shape index (κ3) is 4.17. The third-order valence-electron chi connectivity index (χ3n) is 5.78. The Morgan fingerprint density at radius 2 is 1.81 bits per heavy atom. The van der Waals surface area contributed by atoms with Crippen LogP contribution in [0.1, 0.15) is 38.7 Å². The molecule has 2 atom stereocenters. The number of aliphatic carboxylic acids is 1. The smallest absolute Gasteiger partial charge is 0.327 e. The van der Waals surface area contributed by atoms with E-state index in [-0.39, 0.29) is 11.8 Å². The second-order valence-corrected chi connectivity index (χ2v) is 8.01. The van der Waals surface area contributed by atoms with Gasteiger partial charge in [-0.2, -0.15) is 5.26 Å². The maximum Gasteiger partial charge on any atom is 0.327 e. The Bertz CT molecular complexity index is 1060. The minimum atomic E-state index is -0.950. The molecule has 6 nitrogen and oxygen atoms in total. The van der Waals surface area contributed by atoms with Gasteiger partial charge in [0.1, 0.15) is 6.04 Å². The quantitative estimate of drug-likeness (QED) is 0.715. The summed E-state index contributed by atoms with van der Waals surface area (Å²) in [4.78, 5) is 25.9. The summed E-state index contributed by atoms with van der Waals surface area (Å²) in [5.41, 5.74) is 4.57. The molecule has 31 heavy (non-hydrogen) atoms. The van der Waals surface area contributed by atoms with Crippen molar-refractivity contribution in [1.29, 1.82) is 5.26 Å². The molecule has 0 aliphatic carbocycles. The number of nitriles is 1. The number of likely N-dealkylation sites (N-methyl/N-ethyl adjacent to an activating group) is 1. The van der Waals surface area contributed by atoms with Crippen molar-refractivity contribution in [3.8, 4) is 17.2 Å². The average molecular weight is 418 g/mol. The zero-order valence-corrected chi connectivity index (χ0v) is 18.2. The molecule has 0 saturated heterocycles. The largest absolute Gasteiger partial charge is 0.480 e. The molecule has 160 valence electrons. The highest BCUT2D eigenvalue weighted by Crippen LogP contribution is 2.42. The summed E-state index contributed by atoms with van der Waals surface area (Å²) < 4.78 is 0. The zero-order chi connectivity index (χ0) is 22.7. The summed E-state index contributed by atoms with van der Waals surface area (Å²) in [6.07, 6.45) is 0.598. The number of hydrogen-bond donors (Lipinski definition) is 2. The Hall–Kier alpha value is -3.59. The standard InChI is InChI=1S/C25H27N3O3/c1-5-21-19(14-26)22(23(25(30)31)28(21)4)17-12-10-16(11-13-17)18-8-6-7-9-20(18)27-24(29)15(2)3/h6-13,15,22-23H,5H2,1-4H3,(H,27,29)(H,30,31). The van der Waals surface area contributed by atoms with Gasteiger partial charge in [0.05, 0.1) is 17.6 Å². The molecular weight excluding hydrogens is 390 g/mol. The lowest BCUT2D eigenvalue weighted by Crippen LogP contribution is -2.37. The highest BCUT2D eigenvalue weighted by Gasteiger charge is 2.43. The Balaban J connectivity index is 1.99. The molecular formula is C25H27N3O3. The molecule has 0 fully saturated rings. The molecule has 6 heteroatoms. The summed E-state index contributed by atoms with van der Waals surface area (Å²) in [5.74, 6) is -1.66. The van der Waals surface area contributed by atoms with Gasteiger partial charge in [-0.1, -0.05) is 63.2 Å². The number of carbonyl (C=O) groups is 2. The van der Waals surface area contributed by atoms with E-state index in [0.29, 0.717) is 12.0 Å². The van der Waals surface area contributed by atoms with Crippen LogP contribution in [0.4, 0.5) is 5.69 Å². The first-order valence-corrected chi connectivity index (χ1v) is 10.4. The van der Waals surface area contributed by atoms with E-state index in [1.807, 2.05) is 69.3 Å². The van der Waals surface area contributed by atoms with E-state index < -0.39 is 17.9 Å². The number of rotatable bonds is 6. The number of allylic oxidation sites excluding steroid dienone is 1. The van der Waals surface area contributed by atoms with Crippen LogP contribution in [0.25, 0.3) is 11.1 Å². The zero-order valence-electron chi connectivity index (χ0n) is 18.2. The molecule has 3 rings (SSSR count). The third-order valence-corrected chi connectivity index (χ3v) is 5.78. The van der Waals surface area contributed by atoms with Gasteiger partial charge >= 0.3 is 5.97 Å². The number of benzene rings is 2.